The molecule has 0 aliphatic carbocycles. The molecule has 1 saturated heterocycles. The number of aromatic amines is 1. The molecule has 44 heavy (non-hydrogen) atoms. The van der Waals surface area contributed by atoms with E-state index in [1.165, 1.54) is 17.4 Å². The number of nitrogens with zero attached hydrogens (tertiary/aromatic N) is 5. The summed E-state index contributed by atoms with van der Waals surface area (Å²) in [6.07, 6.45) is -0.0834. The van der Waals surface area contributed by atoms with Crippen LogP contribution in [-0.4, -0.2) is 72.3 Å². The summed E-state index contributed by atoms with van der Waals surface area (Å²) in [5.74, 6) is -2.70. The summed E-state index contributed by atoms with van der Waals surface area (Å²) in [5.41, 5.74) is 7.85. The van der Waals surface area contributed by atoms with E-state index in [1.54, 1.807) is 37.2 Å². The molecule has 1 aromatic carbocycles. The molecule has 16 heteroatoms. The average molecular weight is 629 g/mol. The molecule has 3 aromatic heterocycles. The third-order valence-electron chi connectivity index (χ3n) is 6.29. The largest absolute Gasteiger partial charge is 0.490 e. The number of carbonyl (C=O) groups excluding carboxylic acids is 2. The fraction of sp³-hybridized carbons (Fsp3) is 0.286. The van der Waals surface area contributed by atoms with Gasteiger partial charge in [0.05, 0.1) is 22.1 Å². The Bertz CT molecular complexity index is 1740. The van der Waals surface area contributed by atoms with Crippen LogP contribution in [0.4, 0.5) is 19.1 Å². The SMILES string of the molecule is CC(C)(N)C=C(C#N)C(=O)N1CC(Cn2c(NC(=O)c3ccc(-c4cn[nH]c4)s3)nc3ccccc32)C1.O=C(O)C(F)(F)F. The van der Waals surface area contributed by atoms with Gasteiger partial charge in [0.15, 0.2) is 0 Å². The van der Waals surface area contributed by atoms with Gasteiger partial charge in [0.2, 0.25) is 5.95 Å². The highest BCUT2D eigenvalue weighted by Gasteiger charge is 2.38. The lowest BCUT2D eigenvalue weighted by Crippen LogP contribution is -2.52. The molecule has 4 aromatic rings. The Kier molecular flexibility index (Phi) is 9.21. The molecule has 0 atom stereocenters. The predicted octanol–water partition coefficient (Wildman–Crippen LogP) is 4.02. The third-order valence-corrected chi connectivity index (χ3v) is 7.42. The first-order valence-electron chi connectivity index (χ1n) is 13.0. The first-order valence-corrected chi connectivity index (χ1v) is 13.8. The van der Waals surface area contributed by atoms with Gasteiger partial charge in [0.25, 0.3) is 11.8 Å². The van der Waals surface area contributed by atoms with Gasteiger partial charge in [-0.25, -0.2) is 9.78 Å². The number of thiophene rings is 1. The molecular weight excluding hydrogens is 601 g/mol. The number of hydrogen-bond donors (Lipinski definition) is 4. The highest BCUT2D eigenvalue weighted by molar-refractivity contribution is 7.17. The summed E-state index contributed by atoms with van der Waals surface area (Å²) in [6.45, 7) is 5.05. The number of aromatic nitrogens is 4. The molecule has 1 fully saturated rings. The molecule has 4 heterocycles. The Balaban J connectivity index is 0.000000566. The molecular formula is C28H27F3N8O4S. The average Bonchev–Trinajstić information content (AvgIpc) is 3.68. The van der Waals surface area contributed by atoms with Crippen molar-refractivity contribution in [3.63, 3.8) is 0 Å². The zero-order valence-electron chi connectivity index (χ0n) is 23.4. The Morgan fingerprint density at radius 3 is 2.50 bits per heavy atom. The molecule has 0 spiro atoms. The van der Waals surface area contributed by atoms with Crippen molar-refractivity contribution in [3.05, 3.63) is 65.3 Å². The molecule has 2 amide bonds. The fourth-order valence-electron chi connectivity index (χ4n) is 4.31. The molecule has 230 valence electrons. The van der Waals surface area contributed by atoms with E-state index < -0.39 is 17.7 Å². The molecule has 0 unspecified atom stereocenters. The molecule has 1 aliphatic heterocycles. The fourth-order valence-corrected chi connectivity index (χ4v) is 5.20. The van der Waals surface area contributed by atoms with Gasteiger partial charge in [-0.05, 0) is 44.2 Å². The summed E-state index contributed by atoms with van der Waals surface area (Å²) >= 11 is 1.38. The van der Waals surface area contributed by atoms with Gasteiger partial charge in [-0.15, -0.1) is 11.3 Å². The van der Waals surface area contributed by atoms with Gasteiger partial charge in [-0.2, -0.15) is 23.5 Å². The number of hydrogen-bond acceptors (Lipinski definition) is 8. The van der Waals surface area contributed by atoms with Gasteiger partial charge < -0.3 is 20.3 Å². The number of likely N-dealkylation sites (tertiary alicyclic amines) is 1. The summed E-state index contributed by atoms with van der Waals surface area (Å²) in [6, 6.07) is 13.3. The van der Waals surface area contributed by atoms with Crippen molar-refractivity contribution in [2.45, 2.75) is 32.1 Å². The van der Waals surface area contributed by atoms with E-state index in [4.69, 9.17) is 15.6 Å². The normalized spacial score (nSPS) is 13.9. The number of H-pyrrole nitrogens is 1. The number of carboxylic acids is 1. The van der Waals surface area contributed by atoms with E-state index in [2.05, 4.69) is 20.5 Å². The number of imidazole rings is 1. The molecule has 0 radical (unpaired) electrons. The number of anilines is 1. The van der Waals surface area contributed by atoms with Crippen molar-refractivity contribution in [2.75, 3.05) is 18.4 Å². The topological polar surface area (TPSA) is 183 Å². The van der Waals surface area contributed by atoms with Crippen LogP contribution >= 0.6 is 11.3 Å². The van der Waals surface area contributed by atoms with Crippen LogP contribution in [0.5, 0.6) is 0 Å². The van der Waals surface area contributed by atoms with Crippen molar-refractivity contribution >= 4 is 46.1 Å². The van der Waals surface area contributed by atoms with Crippen LogP contribution < -0.4 is 11.1 Å². The molecule has 1 aliphatic rings. The zero-order valence-corrected chi connectivity index (χ0v) is 24.2. The first-order chi connectivity index (χ1) is 20.7. The van der Waals surface area contributed by atoms with Crippen LogP contribution in [0.15, 0.2) is 60.4 Å². The summed E-state index contributed by atoms with van der Waals surface area (Å²) in [5, 5.41) is 26.2. The van der Waals surface area contributed by atoms with E-state index in [0.29, 0.717) is 30.5 Å². The Morgan fingerprint density at radius 2 is 1.91 bits per heavy atom. The monoisotopic (exact) mass is 628 g/mol. The van der Waals surface area contributed by atoms with E-state index in [9.17, 15) is 28.0 Å². The van der Waals surface area contributed by atoms with Crippen LogP contribution in [-0.2, 0) is 16.1 Å². The highest BCUT2D eigenvalue weighted by atomic mass is 32.1. The lowest BCUT2D eigenvalue weighted by atomic mass is 9.97. The second kappa shape index (κ2) is 12.7. The number of carboxylic acid groups (broad SMARTS) is 1. The number of nitrogens with one attached hydrogen (secondary N) is 2. The maximum Gasteiger partial charge on any atom is 0.490 e. The predicted molar refractivity (Wildman–Crippen MR) is 155 cm³/mol. The number of halogens is 3. The van der Waals surface area contributed by atoms with Crippen molar-refractivity contribution < 1.29 is 32.7 Å². The van der Waals surface area contributed by atoms with E-state index in [0.717, 1.165) is 21.5 Å². The van der Waals surface area contributed by atoms with Crippen LogP contribution in [0.25, 0.3) is 21.5 Å². The maximum atomic E-state index is 13.1. The number of nitrogens with two attached hydrogens (primary N) is 1. The molecule has 0 bridgehead atoms. The van der Waals surface area contributed by atoms with Gasteiger partial charge >= 0.3 is 12.1 Å². The van der Waals surface area contributed by atoms with Crippen molar-refractivity contribution in [1.29, 1.82) is 5.26 Å². The zero-order chi connectivity index (χ0) is 32.2. The molecule has 0 saturated carbocycles. The van der Waals surface area contributed by atoms with Crippen molar-refractivity contribution in [2.24, 2.45) is 11.7 Å². The van der Waals surface area contributed by atoms with Gasteiger partial charge in [0, 0.05) is 47.7 Å². The number of carbonyl (C=O) groups is 3. The summed E-state index contributed by atoms with van der Waals surface area (Å²) in [4.78, 5) is 42.5. The first kappa shape index (κ1) is 31.9. The number of benzene rings is 1. The standard InChI is InChI=1S/C26H26N8O2S.C2HF3O2/c1-26(2,28)9-17(10-27)24(36)33-13-16(14-33)15-34-20-6-4-3-5-19(20)31-25(34)32-23(35)22-8-7-21(37-22)18-11-29-30-12-18;3-2(4,5)1(6)7/h3-9,11-12,16H,13-15,28H2,1-2H3,(H,29,30)(H,31,32,35);(H,6,7). The number of fused-ring (bicyclic) bond motifs is 1. The molecule has 5 rings (SSSR count). The number of aliphatic carboxylic acids is 1. The lowest BCUT2D eigenvalue weighted by Gasteiger charge is -2.39. The minimum atomic E-state index is -5.08. The van der Waals surface area contributed by atoms with Crippen molar-refractivity contribution in [3.8, 4) is 16.5 Å². The van der Waals surface area contributed by atoms with Crippen LogP contribution in [0, 0.1) is 17.2 Å². The Hall–Kier alpha value is -5.01. The molecule has 5 N–H and O–H groups in total. The molecule has 12 nitrogen and oxygen atoms in total. The Morgan fingerprint density at radius 1 is 1.23 bits per heavy atom. The smallest absolute Gasteiger partial charge is 0.475 e. The number of rotatable bonds is 7. The maximum absolute atomic E-state index is 13.1. The van der Waals surface area contributed by atoms with Gasteiger partial charge in [0.1, 0.15) is 11.6 Å². The van der Waals surface area contributed by atoms with Crippen LogP contribution in [0.1, 0.15) is 23.5 Å². The summed E-state index contributed by atoms with van der Waals surface area (Å²) in [7, 11) is 0. The highest BCUT2D eigenvalue weighted by Crippen LogP contribution is 2.29. The second-order valence-electron chi connectivity index (χ2n) is 10.5. The second-order valence-corrected chi connectivity index (χ2v) is 11.6. The van der Waals surface area contributed by atoms with Crippen LogP contribution in [0.2, 0.25) is 0 Å². The minimum Gasteiger partial charge on any atom is -0.475 e. The number of amides is 2. The van der Waals surface area contributed by atoms with Crippen LogP contribution in [0.3, 0.4) is 0 Å². The lowest BCUT2D eigenvalue weighted by molar-refractivity contribution is -0.192. The van der Waals surface area contributed by atoms with Crippen molar-refractivity contribution in [1.82, 2.24) is 24.6 Å². The number of alkyl halides is 3. The summed E-state index contributed by atoms with van der Waals surface area (Å²) < 4.78 is 33.7. The number of para-hydroxylation sites is 2. The number of nitriles is 1. The van der Waals surface area contributed by atoms with E-state index >= 15 is 0 Å². The van der Waals surface area contributed by atoms with E-state index in [-0.39, 0.29) is 23.3 Å². The van der Waals surface area contributed by atoms with Gasteiger partial charge in [-0.1, -0.05) is 12.1 Å². The van der Waals surface area contributed by atoms with E-state index in [1.807, 2.05) is 41.0 Å². The quantitative estimate of drug-likeness (QED) is 0.175. The van der Waals surface area contributed by atoms with Gasteiger partial charge in [-0.3, -0.25) is 20.0 Å². The third kappa shape index (κ3) is 7.68. The Labute approximate surface area is 252 Å². The minimum absolute atomic E-state index is 0.0534.